The smallest absolute Gasteiger partial charge is 0.291 e. The first-order chi connectivity index (χ1) is 19.0. The lowest BCUT2D eigenvalue weighted by atomic mass is 10.0. The summed E-state index contributed by atoms with van der Waals surface area (Å²) in [4.78, 5) is 32.6. The number of hydrogen-bond donors (Lipinski definition) is 2. The van der Waals surface area contributed by atoms with Crippen LogP contribution in [0.2, 0.25) is 0 Å². The number of hydrogen-bond acceptors (Lipinski definition) is 5. The summed E-state index contributed by atoms with van der Waals surface area (Å²) in [5.41, 5.74) is 5.98. The van der Waals surface area contributed by atoms with E-state index in [2.05, 4.69) is 44.9 Å². The van der Waals surface area contributed by atoms with Gasteiger partial charge in [0.25, 0.3) is 11.8 Å². The van der Waals surface area contributed by atoms with Crippen LogP contribution < -0.4 is 10.2 Å². The van der Waals surface area contributed by atoms with Crippen LogP contribution in [0.3, 0.4) is 0 Å². The highest BCUT2D eigenvalue weighted by Gasteiger charge is 2.32. The van der Waals surface area contributed by atoms with E-state index in [1.165, 1.54) is 0 Å². The van der Waals surface area contributed by atoms with Crippen molar-refractivity contribution in [1.82, 2.24) is 25.1 Å². The van der Waals surface area contributed by atoms with Gasteiger partial charge in [-0.2, -0.15) is 0 Å². The number of carbonyl (C=O) groups excluding carboxylic acids is 2. The summed E-state index contributed by atoms with van der Waals surface area (Å²) in [6.45, 7) is 0.804. The molecule has 2 amide bonds. The molecule has 6 rings (SSSR count). The van der Waals surface area contributed by atoms with Crippen molar-refractivity contribution in [2.45, 2.75) is 25.6 Å². The van der Waals surface area contributed by atoms with E-state index in [1.807, 2.05) is 59.2 Å². The van der Waals surface area contributed by atoms with Gasteiger partial charge in [0.05, 0.1) is 24.4 Å². The molecule has 9 heteroatoms. The molecular weight excluding hydrogens is 492 g/mol. The van der Waals surface area contributed by atoms with Gasteiger partial charge in [0.2, 0.25) is 5.82 Å². The van der Waals surface area contributed by atoms with Crippen molar-refractivity contribution in [3.8, 4) is 11.1 Å². The fourth-order valence-corrected chi connectivity index (χ4v) is 5.20. The number of likely N-dealkylation sites (N-methyl/N-ethyl adjacent to an activating group) is 1. The molecule has 1 atom stereocenters. The summed E-state index contributed by atoms with van der Waals surface area (Å²) in [5.74, 6) is -0.121. The van der Waals surface area contributed by atoms with Gasteiger partial charge in [-0.15, -0.1) is 5.10 Å². The first kappa shape index (κ1) is 24.6. The molecule has 1 aliphatic heterocycles. The third kappa shape index (κ3) is 4.68. The number of anilines is 1. The zero-order valence-electron chi connectivity index (χ0n) is 21.7. The SMILES string of the molecule is COCc1cccc(-c2cn3c4c(cccc24)N(C)C(=O)C(NC(=O)c2n[nH]c(Cc4ccccc4)n2)C3)c1. The van der Waals surface area contributed by atoms with Gasteiger partial charge in [-0.05, 0) is 28.8 Å². The number of nitrogens with one attached hydrogen (secondary N) is 2. The number of benzene rings is 3. The highest BCUT2D eigenvalue weighted by atomic mass is 16.5. The molecule has 5 aromatic rings. The number of methoxy groups -OCH3 is 1. The summed E-state index contributed by atoms with van der Waals surface area (Å²) in [6.07, 6.45) is 2.58. The molecule has 3 heterocycles. The molecule has 0 saturated heterocycles. The molecule has 0 radical (unpaired) electrons. The first-order valence-electron chi connectivity index (χ1n) is 12.8. The van der Waals surface area contributed by atoms with Gasteiger partial charge in [-0.25, -0.2) is 4.98 Å². The Hall–Kier alpha value is -4.76. The molecule has 1 aliphatic rings. The molecule has 9 nitrogen and oxygen atoms in total. The van der Waals surface area contributed by atoms with Gasteiger partial charge in [-0.3, -0.25) is 14.7 Å². The van der Waals surface area contributed by atoms with Crippen molar-refractivity contribution >= 4 is 28.4 Å². The van der Waals surface area contributed by atoms with Crippen LogP contribution in [-0.2, 0) is 29.1 Å². The predicted octanol–water partition coefficient (Wildman–Crippen LogP) is 3.94. The number of ether oxygens (including phenoxy) is 1. The van der Waals surface area contributed by atoms with Crippen molar-refractivity contribution in [1.29, 1.82) is 0 Å². The van der Waals surface area contributed by atoms with Gasteiger partial charge >= 0.3 is 0 Å². The van der Waals surface area contributed by atoms with E-state index in [9.17, 15) is 9.59 Å². The Morgan fingerprint density at radius 1 is 1.08 bits per heavy atom. The summed E-state index contributed by atoms with van der Waals surface area (Å²) < 4.78 is 7.37. The number of carbonyl (C=O) groups is 2. The molecule has 1 unspecified atom stereocenters. The highest BCUT2D eigenvalue weighted by molar-refractivity contribution is 6.10. The lowest BCUT2D eigenvalue weighted by Gasteiger charge is -2.21. The molecular formula is C30H28N6O3. The van der Waals surface area contributed by atoms with Crippen LogP contribution in [0.4, 0.5) is 5.69 Å². The molecule has 0 aliphatic carbocycles. The second-order valence-corrected chi connectivity index (χ2v) is 9.69. The highest BCUT2D eigenvalue weighted by Crippen LogP contribution is 2.38. The van der Waals surface area contributed by atoms with Gasteiger partial charge in [0.1, 0.15) is 11.9 Å². The van der Waals surface area contributed by atoms with E-state index in [4.69, 9.17) is 4.74 Å². The van der Waals surface area contributed by atoms with Crippen LogP contribution in [0.5, 0.6) is 0 Å². The number of aromatic amines is 1. The van der Waals surface area contributed by atoms with Crippen molar-refractivity contribution in [3.05, 3.63) is 102 Å². The zero-order valence-corrected chi connectivity index (χ0v) is 21.7. The number of para-hydroxylation sites is 1. The van der Waals surface area contributed by atoms with E-state index in [-0.39, 0.29) is 18.3 Å². The maximum atomic E-state index is 13.5. The topological polar surface area (TPSA) is 105 Å². The van der Waals surface area contributed by atoms with Crippen molar-refractivity contribution in [3.63, 3.8) is 0 Å². The Morgan fingerprint density at radius 3 is 2.69 bits per heavy atom. The Kier molecular flexibility index (Phi) is 6.42. The lowest BCUT2D eigenvalue weighted by molar-refractivity contribution is -0.120. The number of rotatable bonds is 7. The monoisotopic (exact) mass is 520 g/mol. The number of H-pyrrole nitrogens is 1. The summed E-state index contributed by atoms with van der Waals surface area (Å²) in [6, 6.07) is 23.2. The fourth-order valence-electron chi connectivity index (χ4n) is 5.20. The number of amides is 2. The quantitative estimate of drug-likeness (QED) is 0.338. The van der Waals surface area contributed by atoms with Crippen LogP contribution in [0.15, 0.2) is 79.0 Å². The molecule has 39 heavy (non-hydrogen) atoms. The average Bonchev–Trinajstić information content (AvgIpc) is 3.55. The third-order valence-electron chi connectivity index (χ3n) is 7.05. The van der Waals surface area contributed by atoms with Crippen molar-refractivity contribution < 1.29 is 14.3 Å². The molecule has 0 saturated carbocycles. The molecule has 0 fully saturated rings. The van der Waals surface area contributed by atoms with E-state index in [1.54, 1.807) is 19.1 Å². The van der Waals surface area contributed by atoms with Crippen LogP contribution >= 0.6 is 0 Å². The van der Waals surface area contributed by atoms with E-state index < -0.39 is 11.9 Å². The summed E-state index contributed by atoms with van der Waals surface area (Å²) in [5, 5.41) is 10.8. The Morgan fingerprint density at radius 2 is 1.87 bits per heavy atom. The molecule has 2 aromatic heterocycles. The van der Waals surface area contributed by atoms with E-state index in [0.29, 0.717) is 18.9 Å². The summed E-state index contributed by atoms with van der Waals surface area (Å²) in [7, 11) is 3.42. The van der Waals surface area contributed by atoms with Crippen molar-refractivity contribution in [2.75, 3.05) is 19.1 Å². The molecule has 0 bridgehead atoms. The number of nitrogens with zero attached hydrogens (tertiary/aromatic N) is 4. The molecule has 0 spiro atoms. The van der Waals surface area contributed by atoms with E-state index >= 15 is 0 Å². The standard InChI is InChI=1S/C30H28N6O3/c1-35-25-13-7-12-22-23(21-11-6-10-20(14-21)18-39-2)16-36(27(22)25)17-24(30(35)38)31-29(37)28-32-26(33-34-28)15-19-8-4-3-5-9-19/h3-14,16,24H,15,17-18H2,1-2H3,(H,31,37)(H,32,33,34). The molecule has 196 valence electrons. The Labute approximate surface area is 225 Å². The molecule has 3 aromatic carbocycles. The Balaban J connectivity index is 1.29. The first-order valence-corrected chi connectivity index (χ1v) is 12.8. The van der Waals surface area contributed by atoms with Crippen LogP contribution in [0, 0.1) is 0 Å². The normalized spacial score (nSPS) is 15.0. The number of aromatic nitrogens is 4. The van der Waals surface area contributed by atoms with Gasteiger partial charge < -0.3 is 19.5 Å². The van der Waals surface area contributed by atoms with Gasteiger partial charge in [0.15, 0.2) is 0 Å². The minimum Gasteiger partial charge on any atom is -0.380 e. The lowest BCUT2D eigenvalue weighted by Crippen LogP contribution is -2.48. The van der Waals surface area contributed by atoms with Crippen LogP contribution in [0.25, 0.3) is 22.0 Å². The minimum atomic E-state index is -0.797. The second-order valence-electron chi connectivity index (χ2n) is 9.69. The Bertz CT molecular complexity index is 1670. The van der Waals surface area contributed by atoms with Gasteiger partial charge in [-0.1, -0.05) is 60.7 Å². The predicted molar refractivity (Wildman–Crippen MR) is 148 cm³/mol. The minimum absolute atomic E-state index is 0.00597. The van der Waals surface area contributed by atoms with Crippen molar-refractivity contribution in [2.24, 2.45) is 0 Å². The second kappa shape index (κ2) is 10.2. The summed E-state index contributed by atoms with van der Waals surface area (Å²) >= 11 is 0. The maximum Gasteiger partial charge on any atom is 0.291 e. The van der Waals surface area contributed by atoms with E-state index in [0.717, 1.165) is 38.8 Å². The molecule has 2 N–H and O–H groups in total. The van der Waals surface area contributed by atoms with Crippen LogP contribution in [0.1, 0.15) is 27.6 Å². The van der Waals surface area contributed by atoms with Gasteiger partial charge in [0, 0.05) is 37.7 Å². The largest absolute Gasteiger partial charge is 0.380 e. The zero-order chi connectivity index (χ0) is 26.9. The van der Waals surface area contributed by atoms with Crippen LogP contribution in [-0.4, -0.2) is 51.8 Å². The average molecular weight is 521 g/mol. The maximum absolute atomic E-state index is 13.5. The fraction of sp³-hybridized carbons (Fsp3) is 0.200. The third-order valence-corrected chi connectivity index (χ3v) is 7.05.